The molecule has 1 heterocycles. The molecule has 0 aliphatic heterocycles. The third-order valence-electron chi connectivity index (χ3n) is 2.71. The van der Waals surface area contributed by atoms with Crippen molar-refractivity contribution >= 4 is 17.3 Å². The number of hydrogen-bond acceptors (Lipinski definition) is 2. The number of benzene rings is 1. The van der Waals surface area contributed by atoms with Crippen LogP contribution in [0, 0.1) is 0 Å². The summed E-state index contributed by atoms with van der Waals surface area (Å²) in [5.74, 6) is 0. The van der Waals surface area contributed by atoms with Crippen LogP contribution in [0.2, 0.25) is 5.02 Å². The molecule has 0 aliphatic rings. The predicted molar refractivity (Wildman–Crippen MR) is 75.2 cm³/mol. The van der Waals surface area contributed by atoms with Gasteiger partial charge in [-0.15, -0.1) is 0 Å². The SMILES string of the molecule is CCn1cc(NCc2cccc(Cl)c2)ccc1=O. The predicted octanol–water partition coefficient (Wildman–Crippen LogP) is 3.13. The van der Waals surface area contributed by atoms with Crippen LogP contribution in [0.3, 0.4) is 0 Å². The first-order chi connectivity index (χ1) is 8.69. The number of pyridine rings is 1. The molecule has 2 rings (SSSR count). The van der Waals surface area contributed by atoms with Gasteiger partial charge in [0.15, 0.2) is 0 Å². The lowest BCUT2D eigenvalue weighted by molar-refractivity contribution is 0.727. The molecule has 0 saturated carbocycles. The van der Waals surface area contributed by atoms with Crippen molar-refractivity contribution in [2.75, 3.05) is 5.32 Å². The zero-order valence-corrected chi connectivity index (χ0v) is 10.9. The number of anilines is 1. The minimum atomic E-state index is 0.0193. The van der Waals surface area contributed by atoms with Crippen LogP contribution in [0.5, 0.6) is 0 Å². The maximum atomic E-state index is 11.4. The number of halogens is 1. The Kier molecular flexibility index (Phi) is 4.05. The number of nitrogens with one attached hydrogen (secondary N) is 1. The quantitative estimate of drug-likeness (QED) is 0.919. The summed E-state index contributed by atoms with van der Waals surface area (Å²) in [5, 5.41) is 4.00. The summed E-state index contributed by atoms with van der Waals surface area (Å²) in [4.78, 5) is 11.4. The number of aromatic nitrogens is 1. The largest absolute Gasteiger partial charge is 0.380 e. The van der Waals surface area contributed by atoms with Crippen molar-refractivity contribution in [3.05, 3.63) is 63.5 Å². The van der Waals surface area contributed by atoms with Gasteiger partial charge in [-0.05, 0) is 30.7 Å². The Morgan fingerprint density at radius 2 is 2.11 bits per heavy atom. The molecule has 0 saturated heterocycles. The van der Waals surface area contributed by atoms with Crippen molar-refractivity contribution in [2.45, 2.75) is 20.0 Å². The highest BCUT2D eigenvalue weighted by atomic mass is 35.5. The van der Waals surface area contributed by atoms with Gasteiger partial charge in [-0.2, -0.15) is 0 Å². The second-order valence-electron chi connectivity index (χ2n) is 4.03. The standard InChI is InChI=1S/C14H15ClN2O/c1-2-17-10-13(6-7-14(17)18)16-9-11-4-3-5-12(15)8-11/h3-8,10,16H,2,9H2,1H3. The van der Waals surface area contributed by atoms with Gasteiger partial charge in [-0.25, -0.2) is 0 Å². The third-order valence-corrected chi connectivity index (χ3v) is 2.94. The first-order valence-corrected chi connectivity index (χ1v) is 6.25. The first kappa shape index (κ1) is 12.7. The Balaban J connectivity index is 2.08. The maximum absolute atomic E-state index is 11.4. The monoisotopic (exact) mass is 262 g/mol. The highest BCUT2D eigenvalue weighted by Crippen LogP contribution is 2.12. The molecule has 0 bridgehead atoms. The van der Waals surface area contributed by atoms with E-state index >= 15 is 0 Å². The number of hydrogen-bond donors (Lipinski definition) is 1. The summed E-state index contributed by atoms with van der Waals surface area (Å²) in [5.41, 5.74) is 2.05. The Bertz CT molecular complexity index is 592. The van der Waals surface area contributed by atoms with Crippen LogP contribution in [0.15, 0.2) is 47.4 Å². The van der Waals surface area contributed by atoms with Gasteiger partial charge in [0.25, 0.3) is 5.56 Å². The van der Waals surface area contributed by atoms with Crippen molar-refractivity contribution in [1.29, 1.82) is 0 Å². The van der Waals surface area contributed by atoms with E-state index in [4.69, 9.17) is 11.6 Å². The molecule has 0 amide bonds. The fourth-order valence-corrected chi connectivity index (χ4v) is 1.95. The van der Waals surface area contributed by atoms with E-state index in [0.29, 0.717) is 13.1 Å². The van der Waals surface area contributed by atoms with Crippen LogP contribution in [0.4, 0.5) is 5.69 Å². The van der Waals surface area contributed by atoms with E-state index < -0.39 is 0 Å². The zero-order chi connectivity index (χ0) is 13.0. The highest BCUT2D eigenvalue weighted by Gasteiger charge is 1.98. The summed E-state index contributed by atoms with van der Waals surface area (Å²) < 4.78 is 1.67. The van der Waals surface area contributed by atoms with Gasteiger partial charge in [-0.3, -0.25) is 4.79 Å². The fourth-order valence-electron chi connectivity index (χ4n) is 1.73. The summed E-state index contributed by atoms with van der Waals surface area (Å²) in [6.45, 7) is 3.30. The Morgan fingerprint density at radius 3 is 2.83 bits per heavy atom. The van der Waals surface area contributed by atoms with Gasteiger partial charge in [0, 0.05) is 30.4 Å². The molecule has 94 valence electrons. The highest BCUT2D eigenvalue weighted by molar-refractivity contribution is 6.30. The minimum Gasteiger partial charge on any atom is -0.380 e. The topological polar surface area (TPSA) is 34.0 Å². The van der Waals surface area contributed by atoms with Crippen molar-refractivity contribution in [1.82, 2.24) is 4.57 Å². The molecule has 18 heavy (non-hydrogen) atoms. The van der Waals surface area contributed by atoms with E-state index in [2.05, 4.69) is 5.32 Å². The van der Waals surface area contributed by atoms with Gasteiger partial charge in [0.2, 0.25) is 0 Å². The van der Waals surface area contributed by atoms with Crippen LogP contribution >= 0.6 is 11.6 Å². The van der Waals surface area contributed by atoms with E-state index in [1.807, 2.05) is 37.4 Å². The molecule has 0 radical (unpaired) electrons. The molecular weight excluding hydrogens is 248 g/mol. The fraction of sp³-hybridized carbons (Fsp3) is 0.214. The molecule has 3 nitrogen and oxygen atoms in total. The number of rotatable bonds is 4. The lowest BCUT2D eigenvalue weighted by Crippen LogP contribution is -2.17. The first-order valence-electron chi connectivity index (χ1n) is 5.88. The van der Waals surface area contributed by atoms with Gasteiger partial charge < -0.3 is 9.88 Å². The molecule has 2 aromatic rings. The van der Waals surface area contributed by atoms with E-state index in [1.165, 1.54) is 0 Å². The van der Waals surface area contributed by atoms with Crippen molar-refractivity contribution in [3.63, 3.8) is 0 Å². The van der Waals surface area contributed by atoms with Crippen molar-refractivity contribution < 1.29 is 0 Å². The van der Waals surface area contributed by atoms with Gasteiger partial charge >= 0.3 is 0 Å². The minimum absolute atomic E-state index is 0.0193. The van der Waals surface area contributed by atoms with Gasteiger partial charge in [0.1, 0.15) is 0 Å². The van der Waals surface area contributed by atoms with Crippen LogP contribution in [0.25, 0.3) is 0 Å². The normalized spacial score (nSPS) is 10.3. The smallest absolute Gasteiger partial charge is 0.250 e. The molecule has 1 aromatic heterocycles. The Hall–Kier alpha value is -1.74. The van der Waals surface area contributed by atoms with Crippen LogP contribution < -0.4 is 10.9 Å². The molecule has 0 aliphatic carbocycles. The van der Waals surface area contributed by atoms with E-state index in [1.54, 1.807) is 16.7 Å². The average Bonchev–Trinajstić information content (AvgIpc) is 2.38. The van der Waals surface area contributed by atoms with Gasteiger partial charge in [0.05, 0.1) is 5.69 Å². The maximum Gasteiger partial charge on any atom is 0.250 e. The summed E-state index contributed by atoms with van der Waals surface area (Å²) in [6, 6.07) is 11.1. The molecule has 4 heteroatoms. The molecule has 0 unspecified atom stereocenters. The third kappa shape index (κ3) is 3.14. The molecule has 0 atom stereocenters. The molecule has 1 N–H and O–H groups in total. The van der Waals surface area contributed by atoms with E-state index in [-0.39, 0.29) is 5.56 Å². The van der Waals surface area contributed by atoms with Crippen LogP contribution in [-0.4, -0.2) is 4.57 Å². The van der Waals surface area contributed by atoms with E-state index in [0.717, 1.165) is 16.3 Å². The Morgan fingerprint density at radius 1 is 1.28 bits per heavy atom. The summed E-state index contributed by atoms with van der Waals surface area (Å²) >= 11 is 5.92. The second-order valence-corrected chi connectivity index (χ2v) is 4.46. The molecule has 0 spiro atoms. The Labute approximate surface area is 111 Å². The summed E-state index contributed by atoms with van der Waals surface area (Å²) in [6.07, 6.45) is 1.83. The van der Waals surface area contributed by atoms with Crippen molar-refractivity contribution in [3.8, 4) is 0 Å². The lowest BCUT2D eigenvalue weighted by atomic mass is 10.2. The number of nitrogens with zero attached hydrogens (tertiary/aromatic N) is 1. The van der Waals surface area contributed by atoms with Crippen LogP contribution in [0.1, 0.15) is 12.5 Å². The second kappa shape index (κ2) is 5.74. The van der Waals surface area contributed by atoms with Gasteiger partial charge in [-0.1, -0.05) is 23.7 Å². The van der Waals surface area contributed by atoms with Crippen LogP contribution in [-0.2, 0) is 13.1 Å². The van der Waals surface area contributed by atoms with Crippen molar-refractivity contribution in [2.24, 2.45) is 0 Å². The number of aryl methyl sites for hydroxylation is 1. The molecule has 0 fully saturated rings. The molecule has 1 aromatic carbocycles. The summed E-state index contributed by atoms with van der Waals surface area (Å²) in [7, 11) is 0. The molecular formula is C14H15ClN2O. The zero-order valence-electron chi connectivity index (χ0n) is 10.2. The average molecular weight is 263 g/mol. The van der Waals surface area contributed by atoms with E-state index in [9.17, 15) is 4.79 Å². The lowest BCUT2D eigenvalue weighted by Gasteiger charge is -2.09.